The van der Waals surface area contributed by atoms with Crippen molar-refractivity contribution in [1.82, 2.24) is 14.5 Å². The minimum atomic E-state index is 0.654. The van der Waals surface area contributed by atoms with Crippen molar-refractivity contribution in [1.29, 1.82) is 0 Å². The fraction of sp³-hybridized carbons (Fsp3) is 0. The van der Waals surface area contributed by atoms with Gasteiger partial charge in [0.15, 0.2) is 5.82 Å². The van der Waals surface area contributed by atoms with Crippen molar-refractivity contribution >= 4 is 43.7 Å². The van der Waals surface area contributed by atoms with Crippen LogP contribution < -0.4 is 0 Å². The first-order valence-electron chi connectivity index (χ1n) is 16.8. The van der Waals surface area contributed by atoms with Crippen LogP contribution in [0.25, 0.3) is 94.5 Å². The number of furan rings is 1. The van der Waals surface area contributed by atoms with E-state index in [0.29, 0.717) is 5.82 Å². The summed E-state index contributed by atoms with van der Waals surface area (Å²) in [5, 5.41) is 4.50. The predicted molar refractivity (Wildman–Crippen MR) is 205 cm³/mol. The molecule has 0 spiro atoms. The third-order valence-electron chi connectivity index (χ3n) is 9.62. The predicted octanol–water partition coefficient (Wildman–Crippen LogP) is 12.1. The van der Waals surface area contributed by atoms with Gasteiger partial charge in [-0.25, -0.2) is 9.97 Å². The maximum atomic E-state index is 6.53. The Bertz CT molecular complexity index is 2870. The van der Waals surface area contributed by atoms with Crippen LogP contribution >= 0.6 is 0 Å². The van der Waals surface area contributed by atoms with Crippen molar-refractivity contribution in [2.75, 3.05) is 0 Å². The summed E-state index contributed by atoms with van der Waals surface area (Å²) in [6, 6.07) is 61.3. The minimum absolute atomic E-state index is 0.654. The van der Waals surface area contributed by atoms with Gasteiger partial charge >= 0.3 is 0 Å². The van der Waals surface area contributed by atoms with E-state index in [0.717, 1.165) is 83.3 Å². The molecule has 0 N–H and O–H groups in total. The van der Waals surface area contributed by atoms with Crippen LogP contribution in [0.15, 0.2) is 180 Å². The van der Waals surface area contributed by atoms with Crippen molar-refractivity contribution in [3.05, 3.63) is 176 Å². The van der Waals surface area contributed by atoms with Gasteiger partial charge in [-0.15, -0.1) is 0 Å². The maximum Gasteiger partial charge on any atom is 0.162 e. The van der Waals surface area contributed by atoms with E-state index in [9.17, 15) is 0 Å². The quantitative estimate of drug-likeness (QED) is 0.188. The highest BCUT2D eigenvalue weighted by atomic mass is 16.3. The summed E-state index contributed by atoms with van der Waals surface area (Å²) in [6.45, 7) is 0. The normalized spacial score (nSPS) is 11.6. The molecule has 7 aromatic carbocycles. The number of rotatable bonds is 5. The molecule has 4 nitrogen and oxygen atoms in total. The fourth-order valence-electron chi connectivity index (χ4n) is 7.34. The van der Waals surface area contributed by atoms with E-state index in [1.54, 1.807) is 0 Å². The molecule has 3 aromatic heterocycles. The third-order valence-corrected chi connectivity index (χ3v) is 9.62. The third kappa shape index (κ3) is 4.54. The van der Waals surface area contributed by atoms with Gasteiger partial charge in [0.2, 0.25) is 0 Å². The molecule has 0 atom stereocenters. The molecule has 0 radical (unpaired) electrons. The average Bonchev–Trinajstić information content (AvgIpc) is 3.75. The van der Waals surface area contributed by atoms with Crippen molar-refractivity contribution in [3.8, 4) is 50.7 Å². The molecule has 4 heteroatoms. The van der Waals surface area contributed by atoms with Crippen LogP contribution in [-0.2, 0) is 0 Å². The van der Waals surface area contributed by atoms with Gasteiger partial charge in [0.05, 0.1) is 22.4 Å². The van der Waals surface area contributed by atoms with Gasteiger partial charge in [-0.2, -0.15) is 0 Å². The first-order valence-corrected chi connectivity index (χ1v) is 16.8. The molecule has 0 amide bonds. The second kappa shape index (κ2) is 11.4. The number of benzene rings is 7. The van der Waals surface area contributed by atoms with Crippen molar-refractivity contribution in [2.45, 2.75) is 0 Å². The van der Waals surface area contributed by atoms with Gasteiger partial charge in [-0.05, 0) is 59.7 Å². The van der Waals surface area contributed by atoms with Crippen LogP contribution in [0.1, 0.15) is 0 Å². The van der Waals surface area contributed by atoms with E-state index in [2.05, 4.69) is 162 Å². The number of nitrogens with zero attached hydrogens (tertiary/aromatic N) is 3. The average molecular weight is 640 g/mol. The Hall–Kier alpha value is -6.78. The Balaban J connectivity index is 1.27. The molecular weight excluding hydrogens is 611 g/mol. The molecule has 10 aromatic rings. The highest BCUT2D eigenvalue weighted by Crippen LogP contribution is 2.40. The van der Waals surface area contributed by atoms with Crippen molar-refractivity contribution < 1.29 is 4.42 Å². The van der Waals surface area contributed by atoms with Crippen LogP contribution in [0.2, 0.25) is 0 Å². The molecule has 234 valence electrons. The van der Waals surface area contributed by atoms with Crippen molar-refractivity contribution in [3.63, 3.8) is 0 Å². The topological polar surface area (TPSA) is 43.9 Å². The Kier molecular flexibility index (Phi) is 6.46. The first kappa shape index (κ1) is 28.3. The SMILES string of the molecule is c1ccc(-c2cccc(-c3cc(-c4cccc5c4oc4ccccc45)nc(-c4cccc5c6ccccc6n(-c6ccccc6)c45)n3)c2)cc1. The fourth-order valence-corrected chi connectivity index (χ4v) is 7.34. The number of aromatic nitrogens is 3. The van der Waals surface area contributed by atoms with Gasteiger partial charge in [-0.3, -0.25) is 0 Å². The lowest BCUT2D eigenvalue weighted by Gasteiger charge is -2.13. The van der Waals surface area contributed by atoms with Gasteiger partial charge in [0.25, 0.3) is 0 Å². The summed E-state index contributed by atoms with van der Waals surface area (Å²) in [5.41, 5.74) is 11.8. The molecule has 0 saturated heterocycles. The standard InChI is InChI=1S/C46H29N3O/c1-3-14-30(15-4-1)31-16-11-17-32(28-31)40-29-41(38-24-13-23-37-35-21-8-10-27-43(35)50-45(37)38)48-46(47-40)39-25-12-22-36-34-20-7-9-26-42(34)49(44(36)39)33-18-5-2-6-19-33/h1-29H. The number of hydrogen-bond donors (Lipinski definition) is 0. The summed E-state index contributed by atoms with van der Waals surface area (Å²) in [5.74, 6) is 0.654. The lowest BCUT2D eigenvalue weighted by atomic mass is 10.00. The lowest BCUT2D eigenvalue weighted by Crippen LogP contribution is -1.99. The van der Waals surface area contributed by atoms with E-state index in [4.69, 9.17) is 14.4 Å². The van der Waals surface area contributed by atoms with Gasteiger partial charge in [-0.1, -0.05) is 127 Å². The summed E-state index contributed by atoms with van der Waals surface area (Å²) < 4.78 is 8.87. The minimum Gasteiger partial charge on any atom is -0.455 e. The van der Waals surface area contributed by atoms with Gasteiger partial charge in [0.1, 0.15) is 11.2 Å². The zero-order valence-corrected chi connectivity index (χ0v) is 27.0. The maximum absolute atomic E-state index is 6.53. The largest absolute Gasteiger partial charge is 0.455 e. The highest BCUT2D eigenvalue weighted by molar-refractivity contribution is 6.14. The zero-order valence-electron chi connectivity index (χ0n) is 27.0. The molecule has 0 unspecified atom stereocenters. The molecule has 10 rings (SSSR count). The summed E-state index contributed by atoms with van der Waals surface area (Å²) in [7, 11) is 0. The molecule has 0 aliphatic rings. The van der Waals surface area contributed by atoms with Crippen molar-refractivity contribution in [2.24, 2.45) is 0 Å². The molecule has 0 aliphatic heterocycles. The van der Waals surface area contributed by atoms with Gasteiger partial charge < -0.3 is 8.98 Å². The summed E-state index contributed by atoms with van der Waals surface area (Å²) >= 11 is 0. The molecule has 0 fully saturated rings. The smallest absolute Gasteiger partial charge is 0.162 e. The monoisotopic (exact) mass is 639 g/mol. The van der Waals surface area contributed by atoms with Crippen LogP contribution in [0, 0.1) is 0 Å². The van der Waals surface area contributed by atoms with E-state index in [1.165, 1.54) is 5.39 Å². The second-order valence-electron chi connectivity index (χ2n) is 12.6. The Morgan fingerprint density at radius 2 is 1.04 bits per heavy atom. The molecule has 0 saturated carbocycles. The van der Waals surface area contributed by atoms with Crippen LogP contribution in [0.4, 0.5) is 0 Å². The first-order chi connectivity index (χ1) is 24.8. The van der Waals surface area contributed by atoms with E-state index >= 15 is 0 Å². The zero-order chi connectivity index (χ0) is 33.0. The van der Waals surface area contributed by atoms with Crippen LogP contribution in [0.5, 0.6) is 0 Å². The number of fused-ring (bicyclic) bond motifs is 6. The lowest BCUT2D eigenvalue weighted by molar-refractivity contribution is 0.670. The van der Waals surface area contributed by atoms with Gasteiger partial charge in [0, 0.05) is 43.9 Å². The van der Waals surface area contributed by atoms with E-state index in [-0.39, 0.29) is 0 Å². The van der Waals surface area contributed by atoms with E-state index in [1.807, 2.05) is 18.2 Å². The second-order valence-corrected chi connectivity index (χ2v) is 12.6. The number of para-hydroxylation sites is 5. The van der Waals surface area contributed by atoms with Crippen LogP contribution in [0.3, 0.4) is 0 Å². The number of hydrogen-bond acceptors (Lipinski definition) is 3. The Morgan fingerprint density at radius 1 is 0.420 bits per heavy atom. The highest BCUT2D eigenvalue weighted by Gasteiger charge is 2.21. The van der Waals surface area contributed by atoms with E-state index < -0.39 is 0 Å². The summed E-state index contributed by atoms with van der Waals surface area (Å²) in [6.07, 6.45) is 0. The Labute approximate surface area is 288 Å². The molecule has 50 heavy (non-hydrogen) atoms. The summed E-state index contributed by atoms with van der Waals surface area (Å²) in [4.78, 5) is 10.7. The molecular formula is C46H29N3O. The van der Waals surface area contributed by atoms with Crippen LogP contribution in [-0.4, -0.2) is 14.5 Å². The molecule has 0 aliphatic carbocycles. The molecule has 0 bridgehead atoms. The molecule has 3 heterocycles. The Morgan fingerprint density at radius 3 is 1.90 bits per heavy atom.